The van der Waals surface area contributed by atoms with Crippen molar-refractivity contribution in [3.05, 3.63) is 53.2 Å². The highest BCUT2D eigenvalue weighted by Gasteiger charge is 2.53. The number of ether oxygens (including phenoxy) is 1. The van der Waals surface area contributed by atoms with Gasteiger partial charge in [-0.1, -0.05) is 11.6 Å². The molecular weight excluding hydrogens is 328 g/mol. The Labute approximate surface area is 143 Å². The van der Waals surface area contributed by atoms with Crippen molar-refractivity contribution < 1.29 is 9.53 Å². The fourth-order valence-electron chi connectivity index (χ4n) is 2.51. The minimum Gasteiger partial charge on any atom is -0.477 e. The Hall–Kier alpha value is -2.60. The molecule has 1 amide bonds. The molecule has 0 spiro atoms. The zero-order valence-electron chi connectivity index (χ0n) is 13.0. The van der Waals surface area contributed by atoms with E-state index in [-0.39, 0.29) is 5.91 Å². The topological polar surface area (TPSA) is 68.5 Å². The van der Waals surface area contributed by atoms with Crippen LogP contribution in [0.15, 0.2) is 42.6 Å². The fraction of sp³-hybridized carbons (Fsp3) is 0.235. The maximum Gasteiger partial charge on any atom is 0.270 e. The third-order valence-corrected chi connectivity index (χ3v) is 4.29. The van der Waals surface area contributed by atoms with Gasteiger partial charge in [0.1, 0.15) is 5.75 Å². The number of halogens is 1. The Morgan fingerprint density at radius 1 is 1.25 bits per heavy atom. The molecule has 24 heavy (non-hydrogen) atoms. The van der Waals surface area contributed by atoms with Crippen LogP contribution in [-0.2, 0) is 4.79 Å². The summed E-state index contributed by atoms with van der Waals surface area (Å²) in [5.41, 5.74) is 0.927. The summed E-state index contributed by atoms with van der Waals surface area (Å²) in [5, 5.41) is 11.6. The van der Waals surface area contributed by atoms with Crippen LogP contribution in [0.25, 0.3) is 5.65 Å². The molecule has 0 bridgehead atoms. The first-order valence-corrected chi connectivity index (χ1v) is 8.01. The molecule has 0 radical (unpaired) electrons. The van der Waals surface area contributed by atoms with E-state index < -0.39 is 5.60 Å². The van der Waals surface area contributed by atoms with Gasteiger partial charge < -0.3 is 4.74 Å². The van der Waals surface area contributed by atoms with Crippen LogP contribution in [0.3, 0.4) is 0 Å². The van der Waals surface area contributed by atoms with Gasteiger partial charge in [0.2, 0.25) is 5.95 Å². The number of aryl methyl sites for hydroxylation is 1. The van der Waals surface area contributed by atoms with Gasteiger partial charge in [-0.25, -0.2) is 0 Å². The Kier molecular flexibility index (Phi) is 3.42. The molecule has 0 unspecified atom stereocenters. The second-order valence-electron chi connectivity index (χ2n) is 5.96. The van der Waals surface area contributed by atoms with Crippen molar-refractivity contribution in [2.24, 2.45) is 0 Å². The number of benzene rings is 1. The first-order valence-electron chi connectivity index (χ1n) is 7.63. The van der Waals surface area contributed by atoms with E-state index in [0.717, 1.165) is 5.56 Å². The van der Waals surface area contributed by atoms with Crippen LogP contribution in [0.4, 0.5) is 5.95 Å². The van der Waals surface area contributed by atoms with Crippen LogP contribution in [0, 0.1) is 6.92 Å². The van der Waals surface area contributed by atoms with Crippen LogP contribution in [-0.4, -0.2) is 26.1 Å². The predicted octanol–water partition coefficient (Wildman–Crippen LogP) is 3.24. The van der Waals surface area contributed by atoms with E-state index in [2.05, 4.69) is 15.5 Å². The molecule has 1 fully saturated rings. The molecule has 1 N–H and O–H groups in total. The van der Waals surface area contributed by atoms with Crippen LogP contribution >= 0.6 is 11.6 Å². The summed E-state index contributed by atoms with van der Waals surface area (Å²) in [6.07, 6.45) is 3.16. The summed E-state index contributed by atoms with van der Waals surface area (Å²) in [6.45, 7) is 1.98. The van der Waals surface area contributed by atoms with E-state index in [1.807, 2.05) is 25.3 Å². The van der Waals surface area contributed by atoms with Gasteiger partial charge in [-0.3, -0.25) is 14.5 Å². The number of pyridine rings is 1. The van der Waals surface area contributed by atoms with Crippen molar-refractivity contribution in [2.75, 3.05) is 5.32 Å². The molecule has 0 aliphatic heterocycles. The predicted molar refractivity (Wildman–Crippen MR) is 90.4 cm³/mol. The normalized spacial score (nSPS) is 15.2. The summed E-state index contributed by atoms with van der Waals surface area (Å²) in [6, 6.07) is 10.8. The molecule has 1 aromatic carbocycles. The highest BCUT2D eigenvalue weighted by Crippen LogP contribution is 2.41. The molecule has 0 saturated heterocycles. The zero-order chi connectivity index (χ0) is 16.7. The number of carbonyl (C=O) groups excluding carboxylic acids is 1. The maximum absolute atomic E-state index is 12.6. The highest BCUT2D eigenvalue weighted by molar-refractivity contribution is 6.30. The summed E-state index contributed by atoms with van der Waals surface area (Å²) >= 11 is 5.87. The molecule has 0 atom stereocenters. The van der Waals surface area contributed by atoms with Crippen molar-refractivity contribution in [3.8, 4) is 5.75 Å². The average Bonchev–Trinajstić information content (AvgIpc) is 3.25. The van der Waals surface area contributed by atoms with Crippen molar-refractivity contribution in [1.82, 2.24) is 14.6 Å². The van der Waals surface area contributed by atoms with E-state index in [4.69, 9.17) is 16.3 Å². The largest absolute Gasteiger partial charge is 0.477 e. The number of nitrogens with one attached hydrogen (secondary N) is 1. The van der Waals surface area contributed by atoms with E-state index in [9.17, 15) is 4.79 Å². The van der Waals surface area contributed by atoms with E-state index in [1.165, 1.54) is 0 Å². The van der Waals surface area contributed by atoms with Gasteiger partial charge >= 0.3 is 0 Å². The molecule has 1 aliphatic rings. The van der Waals surface area contributed by atoms with Crippen molar-refractivity contribution >= 4 is 29.1 Å². The number of hydrogen-bond donors (Lipinski definition) is 1. The molecule has 2 aromatic heterocycles. The number of rotatable bonds is 4. The van der Waals surface area contributed by atoms with E-state index in [0.29, 0.717) is 35.2 Å². The highest BCUT2D eigenvalue weighted by atomic mass is 35.5. The Balaban J connectivity index is 1.53. The van der Waals surface area contributed by atoms with Gasteiger partial charge in [-0.15, -0.1) is 10.2 Å². The SMILES string of the molecule is Cc1ccn2c(NC(=O)C3(Oc4ccc(Cl)cc4)CC3)nnc2c1. The van der Waals surface area contributed by atoms with E-state index in [1.54, 1.807) is 28.7 Å². The number of fused-ring (bicyclic) bond motifs is 1. The summed E-state index contributed by atoms with van der Waals surface area (Å²) < 4.78 is 7.62. The quantitative estimate of drug-likeness (QED) is 0.790. The second kappa shape index (κ2) is 5.49. The minimum atomic E-state index is -0.843. The van der Waals surface area contributed by atoms with Crippen LogP contribution in [0.1, 0.15) is 18.4 Å². The molecule has 1 saturated carbocycles. The van der Waals surface area contributed by atoms with Crippen molar-refractivity contribution in [3.63, 3.8) is 0 Å². The van der Waals surface area contributed by atoms with Gasteiger partial charge in [0.15, 0.2) is 11.2 Å². The molecule has 122 valence electrons. The van der Waals surface area contributed by atoms with Crippen LogP contribution in [0.5, 0.6) is 5.75 Å². The van der Waals surface area contributed by atoms with Gasteiger partial charge in [0.05, 0.1) is 0 Å². The number of nitrogens with zero attached hydrogens (tertiary/aromatic N) is 3. The van der Waals surface area contributed by atoms with Crippen molar-refractivity contribution in [2.45, 2.75) is 25.4 Å². The van der Waals surface area contributed by atoms with Crippen LogP contribution < -0.4 is 10.1 Å². The van der Waals surface area contributed by atoms with Gasteiger partial charge in [-0.05, 0) is 48.9 Å². The maximum atomic E-state index is 12.6. The van der Waals surface area contributed by atoms with Crippen LogP contribution in [0.2, 0.25) is 5.02 Å². The molecule has 7 heteroatoms. The third-order valence-electron chi connectivity index (χ3n) is 4.04. The Morgan fingerprint density at radius 3 is 2.71 bits per heavy atom. The number of amides is 1. The first-order chi connectivity index (χ1) is 11.6. The lowest BCUT2D eigenvalue weighted by Crippen LogP contribution is -2.35. The lowest BCUT2D eigenvalue weighted by atomic mass is 10.3. The summed E-state index contributed by atoms with van der Waals surface area (Å²) in [7, 11) is 0. The smallest absolute Gasteiger partial charge is 0.270 e. The number of anilines is 1. The number of hydrogen-bond acceptors (Lipinski definition) is 4. The molecular formula is C17H15ClN4O2. The third kappa shape index (κ3) is 2.69. The monoisotopic (exact) mass is 342 g/mol. The standard InChI is InChI=1S/C17H15ClN4O2/c1-11-6-9-22-14(10-11)20-21-16(22)19-15(23)17(7-8-17)24-13-4-2-12(18)3-5-13/h2-6,9-10H,7-8H2,1H3,(H,19,21,23). The molecule has 4 rings (SSSR count). The van der Waals surface area contributed by atoms with E-state index >= 15 is 0 Å². The minimum absolute atomic E-state index is 0.215. The molecule has 2 heterocycles. The van der Waals surface area contributed by atoms with Gasteiger partial charge in [-0.2, -0.15) is 0 Å². The number of aromatic nitrogens is 3. The second-order valence-corrected chi connectivity index (χ2v) is 6.40. The summed E-state index contributed by atoms with van der Waals surface area (Å²) in [5.74, 6) is 0.794. The fourth-order valence-corrected chi connectivity index (χ4v) is 2.64. The molecule has 1 aliphatic carbocycles. The lowest BCUT2D eigenvalue weighted by Gasteiger charge is -2.17. The van der Waals surface area contributed by atoms with Gasteiger partial charge in [0.25, 0.3) is 5.91 Å². The zero-order valence-corrected chi connectivity index (χ0v) is 13.7. The summed E-state index contributed by atoms with van der Waals surface area (Å²) in [4.78, 5) is 12.6. The number of carbonyl (C=O) groups is 1. The first kappa shape index (κ1) is 15.0. The lowest BCUT2D eigenvalue weighted by molar-refractivity contribution is -0.124. The average molecular weight is 343 g/mol. The molecule has 3 aromatic rings. The Morgan fingerprint density at radius 2 is 2.00 bits per heavy atom. The molecule has 6 nitrogen and oxygen atoms in total. The van der Waals surface area contributed by atoms with Gasteiger partial charge in [0, 0.05) is 24.1 Å². The Bertz CT molecular complexity index is 916. The van der Waals surface area contributed by atoms with Crippen molar-refractivity contribution in [1.29, 1.82) is 0 Å².